The first-order chi connectivity index (χ1) is 7.86. The first kappa shape index (κ1) is 14.8. The van der Waals surface area contributed by atoms with Crippen molar-refractivity contribution in [3.63, 3.8) is 0 Å². The van der Waals surface area contributed by atoms with E-state index >= 15 is 0 Å². The fourth-order valence-corrected chi connectivity index (χ4v) is 1.33. The van der Waals surface area contributed by atoms with E-state index in [0.717, 1.165) is 0 Å². The quantitative estimate of drug-likeness (QED) is 0.301. The molecular weight excluding hydrogens is 317 g/mol. The molecule has 0 amide bonds. The molecule has 100 valence electrons. The molecule has 0 N–H and O–H groups in total. The maximum atomic E-state index is 13.1. The Hall–Kier alpha value is -1.27. The van der Waals surface area contributed by atoms with E-state index in [1.807, 2.05) is 0 Å². The summed E-state index contributed by atoms with van der Waals surface area (Å²) >= 11 is 0. The topological polar surface area (TPSA) is 0 Å². The molecule has 8 heteroatoms. The molecule has 0 aromatic heterocycles. The Labute approximate surface area is 106 Å². The minimum atomic E-state index is -2.31. The summed E-state index contributed by atoms with van der Waals surface area (Å²) in [6, 6.07) is 1.27. The van der Waals surface area contributed by atoms with Crippen molar-refractivity contribution >= 4 is 10.8 Å². The Morgan fingerprint density at radius 3 is 1.56 bits per heavy atom. The zero-order valence-corrected chi connectivity index (χ0v) is 8.89. The van der Waals surface area contributed by atoms with Crippen LogP contribution >= 0.6 is 0 Å². The van der Waals surface area contributed by atoms with Gasteiger partial charge in [-0.1, -0.05) is 0 Å². The van der Waals surface area contributed by atoms with Gasteiger partial charge in [-0.05, 0) is 0 Å². The molecule has 2 aromatic carbocycles. The van der Waals surface area contributed by atoms with Crippen LogP contribution in [0.5, 0.6) is 0 Å². The van der Waals surface area contributed by atoms with Gasteiger partial charge in [0.1, 0.15) is 0 Å². The second-order valence-corrected chi connectivity index (χ2v) is 3.07. The number of halogens is 7. The summed E-state index contributed by atoms with van der Waals surface area (Å²) in [5, 5.41) is -2.86. The molecule has 0 saturated carbocycles. The van der Waals surface area contributed by atoms with Gasteiger partial charge in [0.25, 0.3) is 0 Å². The van der Waals surface area contributed by atoms with Crippen LogP contribution in [0.4, 0.5) is 30.7 Å². The van der Waals surface area contributed by atoms with Crippen LogP contribution in [0.1, 0.15) is 0 Å². The third kappa shape index (κ3) is 1.85. The van der Waals surface area contributed by atoms with Crippen LogP contribution in [-0.2, 0) is 17.1 Å². The Morgan fingerprint density at radius 1 is 0.556 bits per heavy atom. The van der Waals surface area contributed by atoms with Crippen molar-refractivity contribution in [2.24, 2.45) is 0 Å². The monoisotopic (exact) mass is 316 g/mol. The van der Waals surface area contributed by atoms with E-state index in [-0.39, 0.29) is 17.1 Å². The summed E-state index contributed by atoms with van der Waals surface area (Å²) in [7, 11) is 0. The first-order valence-electron chi connectivity index (χ1n) is 4.07. The van der Waals surface area contributed by atoms with Gasteiger partial charge in [-0.2, -0.15) is 0 Å². The number of benzene rings is 2. The zero-order valence-electron chi connectivity index (χ0n) is 7.95. The second-order valence-electron chi connectivity index (χ2n) is 3.07. The molecule has 0 unspecified atom stereocenters. The average molecular weight is 317 g/mol. The van der Waals surface area contributed by atoms with E-state index in [1.165, 1.54) is 6.07 Å². The van der Waals surface area contributed by atoms with Gasteiger partial charge in [0, 0.05) is 28.5 Å². The molecule has 0 saturated heterocycles. The van der Waals surface area contributed by atoms with Crippen LogP contribution in [0.2, 0.25) is 0 Å². The SMILES string of the molecule is Fc1[c]c2c(F)c(F)c(F)c(F)c2c(F)c1F.[Cu]. The Balaban J connectivity index is 0.00000162. The van der Waals surface area contributed by atoms with Gasteiger partial charge in [-0.15, -0.1) is 0 Å². The molecule has 0 atom stereocenters. The minimum Gasteiger partial charge on any atom is -0.203 e. The van der Waals surface area contributed by atoms with Gasteiger partial charge >= 0.3 is 0 Å². The van der Waals surface area contributed by atoms with Crippen molar-refractivity contribution in [3.8, 4) is 0 Å². The van der Waals surface area contributed by atoms with Gasteiger partial charge < -0.3 is 0 Å². The van der Waals surface area contributed by atoms with Crippen molar-refractivity contribution in [1.29, 1.82) is 0 Å². The molecule has 2 radical (unpaired) electrons. The Morgan fingerprint density at radius 2 is 1.00 bits per heavy atom. The van der Waals surface area contributed by atoms with Crippen molar-refractivity contribution in [1.82, 2.24) is 0 Å². The van der Waals surface area contributed by atoms with E-state index in [1.54, 1.807) is 0 Å². The maximum absolute atomic E-state index is 13.1. The van der Waals surface area contributed by atoms with E-state index in [9.17, 15) is 30.7 Å². The summed E-state index contributed by atoms with van der Waals surface area (Å²) in [5.41, 5.74) is 0. The number of hydrogen-bond acceptors (Lipinski definition) is 0. The zero-order chi connectivity index (χ0) is 12.9. The van der Waals surface area contributed by atoms with Crippen LogP contribution in [0.3, 0.4) is 0 Å². The minimum absolute atomic E-state index is 0. The molecule has 18 heavy (non-hydrogen) atoms. The predicted molar refractivity (Wildman–Crippen MR) is 42.5 cm³/mol. The molecule has 0 fully saturated rings. The smallest absolute Gasteiger partial charge is 0.198 e. The van der Waals surface area contributed by atoms with E-state index in [2.05, 4.69) is 0 Å². The Kier molecular flexibility index (Phi) is 3.92. The second kappa shape index (κ2) is 4.78. The van der Waals surface area contributed by atoms with Gasteiger partial charge in [0.2, 0.25) is 0 Å². The molecule has 2 aromatic rings. The van der Waals surface area contributed by atoms with Crippen LogP contribution in [0, 0.1) is 46.8 Å². The normalized spacial score (nSPS) is 10.6. The molecule has 0 aliphatic rings. The van der Waals surface area contributed by atoms with Crippen LogP contribution in [-0.4, -0.2) is 0 Å². The van der Waals surface area contributed by atoms with E-state index in [0.29, 0.717) is 0 Å². The Bertz CT molecular complexity index is 630. The van der Waals surface area contributed by atoms with Crippen LogP contribution in [0.25, 0.3) is 10.8 Å². The van der Waals surface area contributed by atoms with Crippen molar-refractivity contribution in [2.45, 2.75) is 0 Å². The standard InChI is InChI=1S/C10F7.Cu/c11-3-1-2-4(7(14)6(3)13)8(15)10(17)9(16)5(2)12;. The molecular formula is C10CuF7. The molecule has 2 rings (SSSR count). The van der Waals surface area contributed by atoms with Gasteiger partial charge in [-0.25, -0.2) is 30.7 Å². The fourth-order valence-electron chi connectivity index (χ4n) is 1.33. The van der Waals surface area contributed by atoms with Gasteiger partial charge in [0.05, 0.1) is 5.39 Å². The number of rotatable bonds is 0. The van der Waals surface area contributed by atoms with E-state index in [4.69, 9.17) is 0 Å². The summed E-state index contributed by atoms with van der Waals surface area (Å²) in [6.45, 7) is 0. The molecule has 0 bridgehead atoms. The first-order valence-corrected chi connectivity index (χ1v) is 4.07. The molecule has 0 heterocycles. The fraction of sp³-hybridized carbons (Fsp3) is 0. The summed E-state index contributed by atoms with van der Waals surface area (Å²) in [5.74, 6) is -15.0. The van der Waals surface area contributed by atoms with Gasteiger partial charge in [0.15, 0.2) is 40.7 Å². The maximum Gasteiger partial charge on any atom is 0.198 e. The number of fused-ring (bicyclic) bond motifs is 1. The third-order valence-electron chi connectivity index (χ3n) is 2.11. The van der Waals surface area contributed by atoms with Crippen molar-refractivity contribution < 1.29 is 47.8 Å². The summed E-state index contributed by atoms with van der Waals surface area (Å²) < 4.78 is 90.1. The molecule has 0 spiro atoms. The van der Waals surface area contributed by atoms with E-state index < -0.39 is 51.5 Å². The van der Waals surface area contributed by atoms with Crippen LogP contribution in [0.15, 0.2) is 0 Å². The predicted octanol–water partition coefficient (Wildman–Crippen LogP) is 3.61. The molecule has 0 aliphatic heterocycles. The van der Waals surface area contributed by atoms with Crippen LogP contribution < -0.4 is 0 Å². The molecule has 0 aliphatic carbocycles. The largest absolute Gasteiger partial charge is 0.203 e. The van der Waals surface area contributed by atoms with Crippen molar-refractivity contribution in [3.05, 3.63) is 46.8 Å². The average Bonchev–Trinajstić information content (AvgIpc) is 2.30. The third-order valence-corrected chi connectivity index (χ3v) is 2.11. The summed E-state index contributed by atoms with van der Waals surface area (Å²) in [4.78, 5) is 0. The summed E-state index contributed by atoms with van der Waals surface area (Å²) in [6.07, 6.45) is 0. The molecule has 0 nitrogen and oxygen atoms in total. The number of hydrogen-bond donors (Lipinski definition) is 0. The van der Waals surface area contributed by atoms with Crippen molar-refractivity contribution in [2.75, 3.05) is 0 Å². The van der Waals surface area contributed by atoms with Gasteiger partial charge in [-0.3, -0.25) is 0 Å².